The van der Waals surface area contributed by atoms with E-state index < -0.39 is 0 Å². The first-order valence-electron chi connectivity index (χ1n) is 6.96. The van der Waals surface area contributed by atoms with Gasteiger partial charge in [-0.25, -0.2) is 0 Å². The average Bonchev–Trinajstić information content (AvgIpc) is 2.37. The highest BCUT2D eigenvalue weighted by molar-refractivity contribution is 5.67. The summed E-state index contributed by atoms with van der Waals surface area (Å²) < 4.78 is 0. The van der Waals surface area contributed by atoms with Gasteiger partial charge in [-0.2, -0.15) is 0 Å². The molecule has 0 spiro atoms. The highest BCUT2D eigenvalue weighted by Crippen LogP contribution is 2.36. The molecule has 0 N–H and O–H groups in total. The van der Waals surface area contributed by atoms with E-state index in [0.717, 1.165) is 6.42 Å². The van der Waals surface area contributed by atoms with Crippen molar-refractivity contribution in [1.82, 2.24) is 0 Å². The SMILES string of the molecule is CC/C=C/c1cc2c3c(c1)CCCN3CCC2. The summed E-state index contributed by atoms with van der Waals surface area (Å²) >= 11 is 0. The second-order valence-corrected chi connectivity index (χ2v) is 5.19. The van der Waals surface area contributed by atoms with Crippen molar-refractivity contribution in [3.8, 4) is 0 Å². The molecular formula is C16H21N. The molecule has 0 fully saturated rings. The lowest BCUT2D eigenvalue weighted by Crippen LogP contribution is -2.34. The van der Waals surface area contributed by atoms with Crippen LogP contribution in [0.3, 0.4) is 0 Å². The fourth-order valence-corrected chi connectivity index (χ4v) is 3.18. The average molecular weight is 227 g/mol. The van der Waals surface area contributed by atoms with Crippen LogP contribution in [0.25, 0.3) is 6.08 Å². The summed E-state index contributed by atoms with van der Waals surface area (Å²) in [5.74, 6) is 0. The standard InChI is InChI=1S/C16H21N/c1-2-3-6-13-11-14-7-4-9-17-10-5-8-15(12-13)16(14)17/h3,6,11-12H,2,4-5,7-10H2,1H3/b6-3+. The molecular weight excluding hydrogens is 206 g/mol. The molecule has 2 aliphatic rings. The van der Waals surface area contributed by atoms with Gasteiger partial charge in [0.1, 0.15) is 0 Å². The Labute approximate surface area is 104 Å². The zero-order valence-corrected chi connectivity index (χ0v) is 10.7. The molecule has 0 aromatic heterocycles. The molecule has 1 heteroatoms. The van der Waals surface area contributed by atoms with Crippen LogP contribution in [0.15, 0.2) is 18.2 Å². The topological polar surface area (TPSA) is 3.24 Å². The zero-order chi connectivity index (χ0) is 11.7. The smallest absolute Gasteiger partial charge is 0.0431 e. The Morgan fingerprint density at radius 1 is 1.12 bits per heavy atom. The van der Waals surface area contributed by atoms with E-state index in [2.05, 4.69) is 36.1 Å². The van der Waals surface area contributed by atoms with Gasteiger partial charge in [0, 0.05) is 18.8 Å². The summed E-state index contributed by atoms with van der Waals surface area (Å²) in [6, 6.07) is 4.81. The lowest BCUT2D eigenvalue weighted by Gasteiger charge is -2.37. The van der Waals surface area contributed by atoms with Crippen LogP contribution < -0.4 is 4.90 Å². The summed E-state index contributed by atoms with van der Waals surface area (Å²) in [4.78, 5) is 2.60. The van der Waals surface area contributed by atoms with Crippen LogP contribution in [0.2, 0.25) is 0 Å². The molecule has 1 nitrogen and oxygen atoms in total. The number of hydrogen-bond donors (Lipinski definition) is 0. The van der Waals surface area contributed by atoms with Gasteiger partial charge in [0.2, 0.25) is 0 Å². The van der Waals surface area contributed by atoms with E-state index in [1.807, 2.05) is 0 Å². The van der Waals surface area contributed by atoms with Crippen LogP contribution in [0, 0.1) is 0 Å². The zero-order valence-electron chi connectivity index (χ0n) is 10.7. The summed E-state index contributed by atoms with van der Waals surface area (Å²) in [5.41, 5.74) is 6.16. The summed E-state index contributed by atoms with van der Waals surface area (Å²) in [5, 5.41) is 0. The molecule has 0 unspecified atom stereocenters. The largest absolute Gasteiger partial charge is 0.371 e. The lowest BCUT2D eigenvalue weighted by atomic mass is 9.90. The van der Waals surface area contributed by atoms with Crippen molar-refractivity contribution in [2.75, 3.05) is 18.0 Å². The maximum atomic E-state index is 2.60. The van der Waals surface area contributed by atoms with Crippen LogP contribution in [0.4, 0.5) is 5.69 Å². The van der Waals surface area contributed by atoms with E-state index in [1.165, 1.54) is 44.3 Å². The first kappa shape index (κ1) is 10.9. The van der Waals surface area contributed by atoms with Crippen molar-refractivity contribution in [3.05, 3.63) is 34.9 Å². The van der Waals surface area contributed by atoms with E-state index >= 15 is 0 Å². The Balaban J connectivity index is 2.05. The normalized spacial score (nSPS) is 18.5. The van der Waals surface area contributed by atoms with Crippen molar-refractivity contribution in [2.24, 2.45) is 0 Å². The molecule has 1 aromatic carbocycles. The van der Waals surface area contributed by atoms with Crippen molar-refractivity contribution in [2.45, 2.75) is 39.0 Å². The molecule has 0 aliphatic carbocycles. The number of aryl methyl sites for hydroxylation is 2. The number of rotatable bonds is 2. The Morgan fingerprint density at radius 3 is 2.35 bits per heavy atom. The molecule has 0 radical (unpaired) electrons. The molecule has 0 atom stereocenters. The third-order valence-corrected chi connectivity index (χ3v) is 3.90. The highest BCUT2D eigenvalue weighted by Gasteiger charge is 2.23. The molecule has 90 valence electrons. The van der Waals surface area contributed by atoms with Gasteiger partial charge in [0.05, 0.1) is 0 Å². The van der Waals surface area contributed by atoms with Crippen molar-refractivity contribution >= 4 is 11.8 Å². The van der Waals surface area contributed by atoms with Crippen LogP contribution in [-0.2, 0) is 12.8 Å². The van der Waals surface area contributed by atoms with Gasteiger partial charge in [-0.3, -0.25) is 0 Å². The van der Waals surface area contributed by atoms with E-state index in [0.29, 0.717) is 0 Å². The quantitative estimate of drug-likeness (QED) is 0.742. The summed E-state index contributed by atoms with van der Waals surface area (Å²) in [6.45, 7) is 4.73. The molecule has 2 aliphatic heterocycles. The monoisotopic (exact) mass is 227 g/mol. The molecule has 0 saturated heterocycles. The Bertz CT molecular complexity index is 414. The highest BCUT2D eigenvalue weighted by atomic mass is 15.1. The van der Waals surface area contributed by atoms with Crippen LogP contribution >= 0.6 is 0 Å². The molecule has 0 saturated carbocycles. The molecule has 17 heavy (non-hydrogen) atoms. The molecule has 0 bridgehead atoms. The van der Waals surface area contributed by atoms with E-state index in [-0.39, 0.29) is 0 Å². The third kappa shape index (κ3) is 1.99. The summed E-state index contributed by atoms with van der Waals surface area (Å²) in [6.07, 6.45) is 10.9. The number of benzene rings is 1. The Morgan fingerprint density at radius 2 is 1.76 bits per heavy atom. The van der Waals surface area contributed by atoms with Gasteiger partial charge in [0.25, 0.3) is 0 Å². The molecule has 1 aromatic rings. The first-order chi connectivity index (χ1) is 8.38. The Hall–Kier alpha value is -1.24. The van der Waals surface area contributed by atoms with E-state index in [9.17, 15) is 0 Å². The minimum atomic E-state index is 1.12. The summed E-state index contributed by atoms with van der Waals surface area (Å²) in [7, 11) is 0. The number of hydrogen-bond acceptors (Lipinski definition) is 1. The minimum Gasteiger partial charge on any atom is -0.371 e. The van der Waals surface area contributed by atoms with Gasteiger partial charge >= 0.3 is 0 Å². The maximum absolute atomic E-state index is 2.60. The van der Waals surface area contributed by atoms with Gasteiger partial charge in [-0.05, 0) is 60.9 Å². The number of nitrogens with zero attached hydrogens (tertiary/aromatic N) is 1. The lowest BCUT2D eigenvalue weighted by molar-refractivity contribution is 0.634. The van der Waals surface area contributed by atoms with Crippen molar-refractivity contribution in [1.29, 1.82) is 0 Å². The van der Waals surface area contributed by atoms with Crippen LogP contribution in [0.1, 0.15) is 42.9 Å². The van der Waals surface area contributed by atoms with E-state index in [1.54, 1.807) is 16.8 Å². The molecule has 3 rings (SSSR count). The fraction of sp³-hybridized carbons (Fsp3) is 0.500. The second-order valence-electron chi connectivity index (χ2n) is 5.19. The first-order valence-corrected chi connectivity index (χ1v) is 6.96. The van der Waals surface area contributed by atoms with E-state index in [4.69, 9.17) is 0 Å². The molecule has 0 amide bonds. The predicted molar refractivity (Wildman–Crippen MR) is 74.6 cm³/mol. The van der Waals surface area contributed by atoms with Crippen molar-refractivity contribution in [3.63, 3.8) is 0 Å². The van der Waals surface area contributed by atoms with Gasteiger partial charge in [-0.15, -0.1) is 0 Å². The number of allylic oxidation sites excluding steroid dienone is 1. The molecule has 2 heterocycles. The predicted octanol–water partition coefficient (Wildman–Crippen LogP) is 3.81. The van der Waals surface area contributed by atoms with Gasteiger partial charge < -0.3 is 4.90 Å². The third-order valence-electron chi connectivity index (χ3n) is 3.90. The number of anilines is 1. The van der Waals surface area contributed by atoms with Gasteiger partial charge in [0.15, 0.2) is 0 Å². The minimum absolute atomic E-state index is 1.12. The second kappa shape index (κ2) is 4.56. The van der Waals surface area contributed by atoms with Gasteiger partial charge in [-0.1, -0.05) is 19.1 Å². The van der Waals surface area contributed by atoms with Crippen molar-refractivity contribution < 1.29 is 0 Å². The maximum Gasteiger partial charge on any atom is 0.0431 e. The Kier molecular flexibility index (Phi) is 2.92. The van der Waals surface area contributed by atoms with Crippen LogP contribution in [0.5, 0.6) is 0 Å². The fourth-order valence-electron chi connectivity index (χ4n) is 3.18. The van der Waals surface area contributed by atoms with Crippen LogP contribution in [-0.4, -0.2) is 13.1 Å².